The topological polar surface area (TPSA) is 148 Å². The fourth-order valence-electron chi connectivity index (χ4n) is 4.99. The van der Waals surface area contributed by atoms with Gasteiger partial charge in [0.1, 0.15) is 12.4 Å². The lowest BCUT2D eigenvalue weighted by Gasteiger charge is -2.33. The van der Waals surface area contributed by atoms with Gasteiger partial charge in [-0.3, -0.25) is 4.79 Å². The van der Waals surface area contributed by atoms with Crippen molar-refractivity contribution < 1.29 is 23.1 Å². The molecule has 2 N–H and O–H groups in total. The molecule has 11 nitrogen and oxygen atoms in total. The second kappa shape index (κ2) is 12.1. The number of carbonyl (C=O) groups is 1. The van der Waals surface area contributed by atoms with E-state index in [1.54, 1.807) is 49.3 Å². The first-order chi connectivity index (χ1) is 20.4. The van der Waals surface area contributed by atoms with Crippen LogP contribution < -0.4 is 9.46 Å². The van der Waals surface area contributed by atoms with E-state index in [0.29, 0.717) is 24.4 Å². The molecule has 0 spiro atoms. The van der Waals surface area contributed by atoms with Gasteiger partial charge < -0.3 is 14.7 Å². The number of nitrogens with one attached hydrogen (secondary N) is 1. The number of benzene rings is 2. The van der Waals surface area contributed by atoms with E-state index in [0.717, 1.165) is 16.7 Å². The summed E-state index contributed by atoms with van der Waals surface area (Å²) in [4.78, 5) is 33.1. The average Bonchev–Trinajstić information content (AvgIpc) is 2.95. The quantitative estimate of drug-likeness (QED) is 0.329. The van der Waals surface area contributed by atoms with Crippen LogP contribution in [0.2, 0.25) is 0 Å². The Balaban J connectivity index is 1.66. The zero-order chi connectivity index (χ0) is 30.8. The molecule has 0 unspecified atom stereocenters. The third kappa shape index (κ3) is 7.15. The van der Waals surface area contributed by atoms with Crippen molar-refractivity contribution in [3.05, 3.63) is 89.5 Å². The number of aliphatic hydroxyl groups is 1. The molecule has 43 heavy (non-hydrogen) atoms. The van der Waals surface area contributed by atoms with E-state index in [1.165, 1.54) is 18.2 Å². The van der Waals surface area contributed by atoms with Crippen LogP contribution in [-0.4, -0.2) is 62.5 Å². The van der Waals surface area contributed by atoms with Gasteiger partial charge in [0.15, 0.2) is 0 Å². The molecule has 4 aromatic rings. The summed E-state index contributed by atoms with van der Waals surface area (Å²) in [5.41, 5.74) is 2.38. The lowest BCUT2D eigenvalue weighted by Crippen LogP contribution is -2.44. The average molecular weight is 603 g/mol. The van der Waals surface area contributed by atoms with Gasteiger partial charge in [-0.2, -0.15) is 4.98 Å². The maximum Gasteiger partial charge on any atom is 0.264 e. The largest absolute Gasteiger partial charge is 0.475 e. The highest BCUT2D eigenvalue weighted by atomic mass is 32.2. The number of sulfonamides is 1. The normalized spacial score (nSPS) is 16.7. The van der Waals surface area contributed by atoms with E-state index in [2.05, 4.69) is 24.7 Å². The number of ether oxygens (including phenoxy) is 1. The molecule has 12 heteroatoms. The van der Waals surface area contributed by atoms with Crippen LogP contribution in [0, 0.1) is 13.8 Å². The summed E-state index contributed by atoms with van der Waals surface area (Å²) >= 11 is 0. The van der Waals surface area contributed by atoms with Gasteiger partial charge in [0, 0.05) is 29.6 Å². The van der Waals surface area contributed by atoms with Crippen LogP contribution in [0.5, 0.6) is 5.88 Å². The number of amides is 1. The number of anilines is 1. The van der Waals surface area contributed by atoms with E-state index in [4.69, 9.17) is 4.74 Å². The third-order valence-electron chi connectivity index (χ3n) is 7.20. The molecule has 5 rings (SSSR count). The molecule has 0 fully saturated rings. The first kappa shape index (κ1) is 30.1. The number of carbonyl (C=O) groups excluding carboxylic acids is 1. The Labute approximate surface area is 251 Å². The second-order valence-corrected chi connectivity index (χ2v) is 12.9. The summed E-state index contributed by atoms with van der Waals surface area (Å²) in [7, 11) is -4.18. The van der Waals surface area contributed by atoms with Crippen molar-refractivity contribution in [3.63, 3.8) is 0 Å². The van der Waals surface area contributed by atoms with Crippen molar-refractivity contribution in [1.82, 2.24) is 24.8 Å². The highest BCUT2D eigenvalue weighted by Gasteiger charge is 2.30. The van der Waals surface area contributed by atoms with Gasteiger partial charge in [-0.15, -0.1) is 0 Å². The molecule has 2 aromatic heterocycles. The van der Waals surface area contributed by atoms with Crippen molar-refractivity contribution in [3.8, 4) is 17.1 Å². The van der Waals surface area contributed by atoms with Crippen LogP contribution >= 0.6 is 0 Å². The molecule has 0 saturated carbocycles. The highest BCUT2D eigenvalue weighted by molar-refractivity contribution is 7.92. The van der Waals surface area contributed by atoms with Crippen LogP contribution in [0.1, 0.15) is 54.0 Å². The lowest BCUT2D eigenvalue weighted by molar-refractivity contribution is 0.0377. The minimum Gasteiger partial charge on any atom is -0.475 e. The standard InChI is InChI=1S/C31H34N6O5S/c1-20-8-5-9-21(2)28(20)25-17-27-35-30(34-25)36-43(40,41)24-11-6-10-22(16-24)29(38)37(18-26-32-14-7-15-33-26)23(19-42-27)12-13-31(3,4)39/h5-11,14-17,23,39H,12-13,18-19H2,1-4H3,(H,34,35,36)/t23-/m1/s1. The zero-order valence-corrected chi connectivity index (χ0v) is 25.3. The first-order valence-corrected chi connectivity index (χ1v) is 15.4. The minimum atomic E-state index is -4.18. The summed E-state index contributed by atoms with van der Waals surface area (Å²) < 4.78 is 35.7. The Morgan fingerprint density at radius 3 is 2.42 bits per heavy atom. The predicted octanol–water partition coefficient (Wildman–Crippen LogP) is 4.31. The monoisotopic (exact) mass is 602 g/mol. The molecule has 1 aliphatic heterocycles. The van der Waals surface area contributed by atoms with E-state index >= 15 is 0 Å². The maximum absolute atomic E-state index is 14.1. The Morgan fingerprint density at radius 1 is 1.02 bits per heavy atom. The van der Waals surface area contributed by atoms with Gasteiger partial charge in [-0.05, 0) is 75.9 Å². The number of hydrogen-bond donors (Lipinski definition) is 2. The third-order valence-corrected chi connectivity index (χ3v) is 8.53. The molecule has 3 heterocycles. The predicted molar refractivity (Wildman–Crippen MR) is 161 cm³/mol. The van der Waals surface area contributed by atoms with E-state index in [-0.39, 0.29) is 35.4 Å². The Kier molecular flexibility index (Phi) is 8.43. The van der Waals surface area contributed by atoms with Crippen molar-refractivity contribution in [2.75, 3.05) is 11.3 Å². The maximum atomic E-state index is 14.1. The first-order valence-electron chi connectivity index (χ1n) is 13.9. The van der Waals surface area contributed by atoms with Gasteiger partial charge in [-0.25, -0.2) is 28.1 Å². The Hall–Kier alpha value is -4.42. The van der Waals surface area contributed by atoms with Gasteiger partial charge in [-0.1, -0.05) is 24.3 Å². The van der Waals surface area contributed by atoms with E-state index < -0.39 is 27.6 Å². The van der Waals surface area contributed by atoms with Crippen LogP contribution in [0.15, 0.2) is 71.9 Å². The van der Waals surface area contributed by atoms with Crippen LogP contribution in [0.4, 0.5) is 5.95 Å². The summed E-state index contributed by atoms with van der Waals surface area (Å²) in [6.07, 6.45) is 3.91. The number of rotatable bonds is 6. The number of fused-ring (bicyclic) bond motifs is 4. The van der Waals surface area contributed by atoms with Crippen molar-refractivity contribution >= 4 is 21.9 Å². The fourth-order valence-corrected chi connectivity index (χ4v) is 5.98. The van der Waals surface area contributed by atoms with Crippen molar-refractivity contribution in [1.29, 1.82) is 0 Å². The van der Waals surface area contributed by atoms with Crippen LogP contribution in [-0.2, 0) is 16.6 Å². The van der Waals surface area contributed by atoms with Crippen LogP contribution in [0.25, 0.3) is 11.3 Å². The summed E-state index contributed by atoms with van der Waals surface area (Å²) in [6, 6.07) is 14.4. The summed E-state index contributed by atoms with van der Waals surface area (Å²) in [5, 5.41) is 10.6. The SMILES string of the molecule is Cc1cccc(C)c1-c1cc2nc(n1)NS(=O)(=O)c1cccc(c1)C(=O)N(Cc1ncccn1)[C@H](CCC(C)(C)O)CO2. The number of nitrogens with zero attached hydrogens (tertiary/aromatic N) is 5. The highest BCUT2D eigenvalue weighted by Crippen LogP contribution is 2.30. The number of aromatic nitrogens is 4. The molecule has 4 bridgehead atoms. The molecule has 0 aliphatic carbocycles. The molecule has 1 aliphatic rings. The van der Waals surface area contributed by atoms with E-state index in [9.17, 15) is 18.3 Å². The molecule has 1 atom stereocenters. The summed E-state index contributed by atoms with van der Waals surface area (Å²) in [6.45, 7) is 7.34. The minimum absolute atomic E-state index is 0.00371. The summed E-state index contributed by atoms with van der Waals surface area (Å²) in [5.74, 6) is -0.0516. The van der Waals surface area contributed by atoms with Crippen molar-refractivity contribution in [2.45, 2.75) is 63.6 Å². The molecular weight excluding hydrogens is 568 g/mol. The van der Waals surface area contributed by atoms with Gasteiger partial charge in [0.25, 0.3) is 15.9 Å². The second-order valence-electron chi connectivity index (χ2n) is 11.2. The van der Waals surface area contributed by atoms with E-state index in [1.807, 2.05) is 32.0 Å². The molecule has 0 saturated heterocycles. The van der Waals surface area contributed by atoms with Gasteiger partial charge >= 0.3 is 0 Å². The number of aryl methyl sites for hydroxylation is 2. The molecule has 2 aromatic carbocycles. The molecule has 0 radical (unpaired) electrons. The van der Waals surface area contributed by atoms with Gasteiger partial charge in [0.05, 0.1) is 28.8 Å². The van der Waals surface area contributed by atoms with Crippen molar-refractivity contribution in [2.24, 2.45) is 0 Å². The molecule has 224 valence electrons. The molecule has 1 amide bonds. The fraction of sp³-hybridized carbons (Fsp3) is 0.323. The van der Waals surface area contributed by atoms with Crippen LogP contribution in [0.3, 0.4) is 0 Å². The molecular formula is C31H34N6O5S. The Morgan fingerprint density at radius 2 is 1.72 bits per heavy atom. The number of hydrogen-bond acceptors (Lipinski definition) is 9. The zero-order valence-electron chi connectivity index (χ0n) is 24.5. The lowest BCUT2D eigenvalue weighted by atomic mass is 9.98. The van der Waals surface area contributed by atoms with Gasteiger partial charge in [0.2, 0.25) is 11.8 Å². The Bertz CT molecular complexity index is 1720. The smallest absolute Gasteiger partial charge is 0.264 e.